The second-order valence-electron chi connectivity index (χ2n) is 18.1. The molecular weight excluding hydrogens is 769 g/mol. The van der Waals surface area contributed by atoms with Crippen LogP contribution < -0.4 is 5.19 Å². The first-order chi connectivity index (χ1) is 30.1. The van der Waals surface area contributed by atoms with Gasteiger partial charge >= 0.3 is 0 Å². The molecule has 10 aromatic rings. The smallest absolute Gasteiger partial charge is 0.164 e. The highest BCUT2D eigenvalue weighted by atomic mass is 28.3. The third kappa shape index (κ3) is 6.39. The van der Waals surface area contributed by atoms with E-state index in [0.29, 0.717) is 17.5 Å². The van der Waals surface area contributed by atoms with Crippen LogP contribution in [0.1, 0.15) is 25.0 Å². The summed E-state index contributed by atoms with van der Waals surface area (Å²) in [7, 11) is -1.49. The van der Waals surface area contributed by atoms with E-state index in [4.69, 9.17) is 15.0 Å². The highest BCUT2D eigenvalue weighted by Gasteiger charge is 2.35. The minimum atomic E-state index is -1.49. The summed E-state index contributed by atoms with van der Waals surface area (Å²) in [6.45, 7) is 11.8. The zero-order chi connectivity index (χ0) is 42.2. The van der Waals surface area contributed by atoms with E-state index in [0.717, 1.165) is 39.1 Å². The molecule has 2 heterocycles. The number of para-hydroxylation sites is 2. The van der Waals surface area contributed by atoms with Gasteiger partial charge in [0.25, 0.3) is 0 Å². The second-order valence-corrected chi connectivity index (χ2v) is 23.2. The molecule has 0 saturated heterocycles. The molecule has 0 aliphatic heterocycles. The van der Waals surface area contributed by atoms with Gasteiger partial charge in [-0.05, 0) is 87.0 Å². The van der Waals surface area contributed by atoms with Crippen molar-refractivity contribution in [1.29, 1.82) is 0 Å². The summed E-state index contributed by atoms with van der Waals surface area (Å²) < 4.78 is 2.36. The van der Waals surface area contributed by atoms with E-state index >= 15 is 0 Å². The lowest BCUT2D eigenvalue weighted by Crippen LogP contribution is -2.37. The Labute approximate surface area is 364 Å². The quantitative estimate of drug-likeness (QED) is 0.151. The maximum atomic E-state index is 5.22. The Morgan fingerprint density at radius 1 is 0.387 bits per heavy atom. The van der Waals surface area contributed by atoms with E-state index < -0.39 is 8.07 Å². The van der Waals surface area contributed by atoms with Crippen molar-refractivity contribution in [2.75, 3.05) is 0 Å². The molecule has 0 atom stereocenters. The van der Waals surface area contributed by atoms with E-state index in [1.54, 1.807) is 0 Å². The molecule has 298 valence electrons. The molecule has 2 aromatic heterocycles. The fourth-order valence-electron chi connectivity index (χ4n) is 9.45. The molecule has 4 nitrogen and oxygen atoms in total. The van der Waals surface area contributed by atoms with Crippen molar-refractivity contribution in [2.24, 2.45) is 0 Å². The van der Waals surface area contributed by atoms with Crippen LogP contribution >= 0.6 is 0 Å². The molecule has 0 bridgehead atoms. The standard InChI is InChI=1S/C57H46N4Si/c1-57(2)50-21-9-6-18-46(50)47-33-28-41(36-51(47)57)40-15-13-17-43(35-40)56-59-54(38-26-31-45(32-27-38)62(3,4)5)58-55(60-56)42-16-12-14-39(34-42)37-24-29-44(30-25-37)61-52-22-10-7-19-48(52)49-20-8-11-23-53(49)61/h6-36H,1-5H3. The molecular formula is C57H46N4Si. The first-order valence-corrected chi connectivity index (χ1v) is 25.0. The Morgan fingerprint density at radius 3 is 1.47 bits per heavy atom. The Balaban J connectivity index is 0.982. The van der Waals surface area contributed by atoms with Crippen LogP contribution in [-0.2, 0) is 5.41 Å². The van der Waals surface area contributed by atoms with E-state index in [1.165, 1.54) is 54.8 Å². The normalized spacial score (nSPS) is 13.0. The van der Waals surface area contributed by atoms with Crippen LogP contribution in [0.3, 0.4) is 0 Å². The third-order valence-electron chi connectivity index (χ3n) is 12.8. The van der Waals surface area contributed by atoms with E-state index in [9.17, 15) is 0 Å². The van der Waals surface area contributed by atoms with Crippen molar-refractivity contribution in [3.8, 4) is 73.2 Å². The number of aromatic nitrogens is 4. The molecule has 0 spiro atoms. The van der Waals surface area contributed by atoms with Gasteiger partial charge in [-0.25, -0.2) is 15.0 Å². The van der Waals surface area contributed by atoms with Gasteiger partial charge in [0.05, 0.1) is 19.1 Å². The fraction of sp³-hybridized carbons (Fsp3) is 0.105. The second kappa shape index (κ2) is 14.5. The molecule has 0 N–H and O–H groups in total. The first-order valence-electron chi connectivity index (χ1n) is 21.5. The van der Waals surface area contributed by atoms with Crippen LogP contribution in [0, 0.1) is 0 Å². The van der Waals surface area contributed by atoms with Crippen LogP contribution in [0.25, 0.3) is 95.0 Å². The lowest BCUT2D eigenvalue weighted by atomic mass is 9.81. The zero-order valence-electron chi connectivity index (χ0n) is 35.7. The molecule has 0 saturated carbocycles. The number of benzene rings is 8. The summed E-state index contributed by atoms with van der Waals surface area (Å²) in [5, 5.41) is 3.92. The fourth-order valence-corrected chi connectivity index (χ4v) is 10.6. The third-order valence-corrected chi connectivity index (χ3v) is 14.9. The minimum absolute atomic E-state index is 0.0779. The molecule has 0 unspecified atom stereocenters. The van der Waals surface area contributed by atoms with Gasteiger partial charge in [0.2, 0.25) is 0 Å². The zero-order valence-corrected chi connectivity index (χ0v) is 36.7. The number of hydrogen-bond acceptors (Lipinski definition) is 3. The Hall–Kier alpha value is -7.21. The van der Waals surface area contributed by atoms with Crippen molar-refractivity contribution in [2.45, 2.75) is 38.9 Å². The maximum Gasteiger partial charge on any atom is 0.164 e. The predicted molar refractivity (Wildman–Crippen MR) is 262 cm³/mol. The SMILES string of the molecule is CC1(C)c2ccccc2-c2ccc(-c3cccc(-c4nc(-c5ccc([Si](C)(C)C)cc5)nc(-c5cccc(-c6ccc(-n7c8ccccc8c8ccccc87)cc6)c5)n4)c3)cc21. The van der Waals surface area contributed by atoms with Crippen LogP contribution in [0.15, 0.2) is 188 Å². The van der Waals surface area contributed by atoms with Gasteiger partial charge in [-0.15, -0.1) is 0 Å². The minimum Gasteiger partial charge on any atom is -0.309 e. The molecule has 5 heteroatoms. The van der Waals surface area contributed by atoms with Crippen molar-refractivity contribution in [1.82, 2.24) is 19.5 Å². The van der Waals surface area contributed by atoms with E-state index in [-0.39, 0.29) is 5.41 Å². The Kier molecular flexibility index (Phi) is 8.81. The highest BCUT2D eigenvalue weighted by Crippen LogP contribution is 2.49. The Bertz CT molecular complexity index is 3300. The Morgan fingerprint density at radius 2 is 0.855 bits per heavy atom. The van der Waals surface area contributed by atoms with Crippen molar-refractivity contribution in [3.63, 3.8) is 0 Å². The number of rotatable bonds is 7. The van der Waals surface area contributed by atoms with E-state index in [1.807, 2.05) is 0 Å². The summed E-state index contributed by atoms with van der Waals surface area (Å²) in [4.78, 5) is 15.6. The number of nitrogens with zero attached hydrogens (tertiary/aromatic N) is 4. The number of hydrogen-bond donors (Lipinski definition) is 0. The molecule has 0 fully saturated rings. The molecule has 1 aliphatic carbocycles. The summed E-state index contributed by atoms with van der Waals surface area (Å²) >= 11 is 0. The average Bonchev–Trinajstić information content (AvgIpc) is 3.77. The average molecular weight is 815 g/mol. The summed E-state index contributed by atoms with van der Waals surface area (Å²) in [5.74, 6) is 1.96. The number of fused-ring (bicyclic) bond motifs is 6. The lowest BCUT2D eigenvalue weighted by molar-refractivity contribution is 0.660. The van der Waals surface area contributed by atoms with Crippen molar-refractivity contribution < 1.29 is 0 Å². The lowest BCUT2D eigenvalue weighted by Gasteiger charge is -2.22. The highest BCUT2D eigenvalue weighted by molar-refractivity contribution is 6.88. The predicted octanol–water partition coefficient (Wildman–Crippen LogP) is 14.2. The molecule has 62 heavy (non-hydrogen) atoms. The van der Waals surface area contributed by atoms with Crippen LogP contribution in [-0.4, -0.2) is 27.6 Å². The molecule has 0 amide bonds. The topological polar surface area (TPSA) is 43.6 Å². The summed E-state index contributed by atoms with van der Waals surface area (Å²) in [6, 6.07) is 67.9. The monoisotopic (exact) mass is 814 g/mol. The van der Waals surface area contributed by atoms with Crippen LogP contribution in [0.4, 0.5) is 0 Å². The van der Waals surface area contributed by atoms with Crippen LogP contribution in [0.5, 0.6) is 0 Å². The summed E-state index contributed by atoms with van der Waals surface area (Å²) in [6.07, 6.45) is 0. The maximum absolute atomic E-state index is 5.22. The van der Waals surface area contributed by atoms with Gasteiger partial charge in [-0.1, -0.05) is 184 Å². The van der Waals surface area contributed by atoms with E-state index in [2.05, 4.69) is 226 Å². The van der Waals surface area contributed by atoms with Gasteiger partial charge in [0.1, 0.15) is 0 Å². The molecule has 8 aromatic carbocycles. The van der Waals surface area contributed by atoms with Crippen molar-refractivity contribution >= 4 is 35.1 Å². The van der Waals surface area contributed by atoms with Gasteiger partial charge < -0.3 is 4.57 Å². The molecule has 0 radical (unpaired) electrons. The summed E-state index contributed by atoms with van der Waals surface area (Å²) in [5.41, 5.74) is 16.2. The molecule has 1 aliphatic rings. The van der Waals surface area contributed by atoms with Gasteiger partial charge in [-0.3, -0.25) is 0 Å². The van der Waals surface area contributed by atoms with Crippen LogP contribution in [0.2, 0.25) is 19.6 Å². The largest absolute Gasteiger partial charge is 0.309 e. The first kappa shape index (κ1) is 37.8. The van der Waals surface area contributed by atoms with Gasteiger partial charge in [0, 0.05) is 38.6 Å². The molecule has 11 rings (SSSR count). The van der Waals surface area contributed by atoms with Crippen molar-refractivity contribution in [3.05, 3.63) is 199 Å². The van der Waals surface area contributed by atoms with Gasteiger partial charge in [-0.2, -0.15) is 0 Å². The van der Waals surface area contributed by atoms with Gasteiger partial charge in [0.15, 0.2) is 17.5 Å².